The van der Waals surface area contributed by atoms with Crippen molar-refractivity contribution in [3.05, 3.63) is 23.8 Å². The van der Waals surface area contributed by atoms with E-state index >= 15 is 0 Å². The molecule has 2 heterocycles. The van der Waals surface area contributed by atoms with Crippen molar-refractivity contribution in [2.75, 3.05) is 29.9 Å². The molecule has 3 rings (SSSR count). The zero-order chi connectivity index (χ0) is 14.0. The predicted molar refractivity (Wildman–Crippen MR) is 87.7 cm³/mol. The molecular weight excluding hydrogens is 244 g/mol. The van der Waals surface area contributed by atoms with E-state index in [2.05, 4.69) is 42.3 Å². The number of hydrogen-bond donors (Lipinski definition) is 1. The summed E-state index contributed by atoms with van der Waals surface area (Å²) in [7, 11) is 0. The first-order valence-electron chi connectivity index (χ1n) is 8.39. The fraction of sp³-hybridized carbons (Fsp3) is 0.667. The molecular formula is C18H28N2. The van der Waals surface area contributed by atoms with E-state index in [0.29, 0.717) is 5.41 Å². The van der Waals surface area contributed by atoms with Crippen LogP contribution in [0.15, 0.2) is 18.2 Å². The third kappa shape index (κ3) is 2.41. The summed E-state index contributed by atoms with van der Waals surface area (Å²) in [6.07, 6.45) is 7.90. The molecule has 1 saturated heterocycles. The van der Waals surface area contributed by atoms with Gasteiger partial charge in [0, 0.05) is 31.0 Å². The fourth-order valence-corrected chi connectivity index (χ4v) is 3.97. The van der Waals surface area contributed by atoms with Gasteiger partial charge >= 0.3 is 0 Å². The molecule has 0 aliphatic carbocycles. The highest BCUT2D eigenvalue weighted by Gasteiger charge is 2.32. The molecule has 2 nitrogen and oxygen atoms in total. The van der Waals surface area contributed by atoms with Crippen LogP contribution in [0.25, 0.3) is 0 Å². The van der Waals surface area contributed by atoms with Crippen LogP contribution < -0.4 is 10.2 Å². The van der Waals surface area contributed by atoms with Crippen molar-refractivity contribution in [1.82, 2.24) is 0 Å². The number of nitrogens with zero attached hydrogens (tertiary/aromatic N) is 1. The molecule has 0 aromatic heterocycles. The Bertz CT molecular complexity index is 452. The summed E-state index contributed by atoms with van der Waals surface area (Å²) in [6, 6.07) is 6.79. The summed E-state index contributed by atoms with van der Waals surface area (Å²) < 4.78 is 0. The Labute approximate surface area is 123 Å². The number of hydrogen-bond acceptors (Lipinski definition) is 2. The lowest BCUT2D eigenvalue weighted by Gasteiger charge is -2.43. The molecule has 0 spiro atoms. The van der Waals surface area contributed by atoms with Crippen LogP contribution in [0.2, 0.25) is 0 Å². The molecule has 0 saturated carbocycles. The second kappa shape index (κ2) is 5.67. The molecule has 1 fully saturated rings. The van der Waals surface area contributed by atoms with E-state index in [-0.39, 0.29) is 0 Å². The molecule has 0 atom stereocenters. The number of rotatable bonds is 3. The summed E-state index contributed by atoms with van der Waals surface area (Å²) >= 11 is 0. The minimum absolute atomic E-state index is 0.615. The van der Waals surface area contributed by atoms with Crippen molar-refractivity contribution in [3.63, 3.8) is 0 Å². The Balaban J connectivity index is 1.79. The minimum atomic E-state index is 0.615. The summed E-state index contributed by atoms with van der Waals surface area (Å²) in [5.41, 5.74) is 5.04. The molecule has 110 valence electrons. The monoisotopic (exact) mass is 272 g/mol. The number of piperidine rings is 1. The lowest BCUT2D eigenvalue weighted by Crippen LogP contribution is -2.40. The van der Waals surface area contributed by atoms with Gasteiger partial charge in [-0.3, -0.25) is 0 Å². The molecule has 0 unspecified atom stereocenters. The van der Waals surface area contributed by atoms with Gasteiger partial charge in [0.25, 0.3) is 0 Å². The Hall–Kier alpha value is -1.18. The topological polar surface area (TPSA) is 15.3 Å². The number of nitrogens with one attached hydrogen (secondary N) is 1. The van der Waals surface area contributed by atoms with Gasteiger partial charge < -0.3 is 10.2 Å². The maximum Gasteiger partial charge on any atom is 0.0419 e. The van der Waals surface area contributed by atoms with Crippen molar-refractivity contribution >= 4 is 11.4 Å². The number of benzene rings is 1. The molecule has 2 heteroatoms. The number of fused-ring (bicyclic) bond motifs is 1. The van der Waals surface area contributed by atoms with Gasteiger partial charge in [-0.15, -0.1) is 0 Å². The third-order valence-electron chi connectivity index (χ3n) is 5.74. The quantitative estimate of drug-likeness (QED) is 0.874. The van der Waals surface area contributed by atoms with E-state index in [1.165, 1.54) is 63.0 Å². The first-order chi connectivity index (χ1) is 9.78. The van der Waals surface area contributed by atoms with Gasteiger partial charge in [0.05, 0.1) is 0 Å². The summed E-state index contributed by atoms with van der Waals surface area (Å²) in [6.45, 7) is 8.34. The van der Waals surface area contributed by atoms with E-state index in [0.717, 1.165) is 6.54 Å². The zero-order valence-electron chi connectivity index (χ0n) is 13.0. The van der Waals surface area contributed by atoms with Crippen LogP contribution >= 0.6 is 0 Å². The maximum atomic E-state index is 3.55. The van der Waals surface area contributed by atoms with Gasteiger partial charge in [-0.2, -0.15) is 0 Å². The molecule has 20 heavy (non-hydrogen) atoms. The maximum absolute atomic E-state index is 3.55. The Morgan fingerprint density at radius 2 is 1.90 bits per heavy atom. The van der Waals surface area contributed by atoms with E-state index in [1.807, 2.05) is 0 Å². The van der Waals surface area contributed by atoms with E-state index in [4.69, 9.17) is 0 Å². The molecule has 1 aromatic carbocycles. The van der Waals surface area contributed by atoms with Crippen LogP contribution in [-0.2, 0) is 6.42 Å². The lowest BCUT2D eigenvalue weighted by atomic mass is 9.74. The first kappa shape index (κ1) is 13.8. The van der Waals surface area contributed by atoms with Crippen molar-refractivity contribution in [3.8, 4) is 0 Å². The van der Waals surface area contributed by atoms with Gasteiger partial charge in [-0.05, 0) is 48.8 Å². The largest absolute Gasteiger partial charge is 0.385 e. The predicted octanol–water partition coefficient (Wildman–Crippen LogP) is 4.45. The van der Waals surface area contributed by atoms with Gasteiger partial charge in [0.1, 0.15) is 0 Å². The lowest BCUT2D eigenvalue weighted by molar-refractivity contribution is 0.199. The normalized spacial score (nSPS) is 21.2. The van der Waals surface area contributed by atoms with Crippen LogP contribution in [0, 0.1) is 5.41 Å². The smallest absolute Gasteiger partial charge is 0.0419 e. The zero-order valence-corrected chi connectivity index (χ0v) is 13.0. The SMILES string of the molecule is CCC1(CC)CCN(c2cccc3c2CCCN3)CC1. The Morgan fingerprint density at radius 3 is 2.60 bits per heavy atom. The fourth-order valence-electron chi connectivity index (χ4n) is 3.97. The van der Waals surface area contributed by atoms with Crippen LogP contribution in [0.3, 0.4) is 0 Å². The molecule has 0 amide bonds. The van der Waals surface area contributed by atoms with E-state index < -0.39 is 0 Å². The minimum Gasteiger partial charge on any atom is -0.385 e. The highest BCUT2D eigenvalue weighted by atomic mass is 15.1. The molecule has 0 bridgehead atoms. The third-order valence-corrected chi connectivity index (χ3v) is 5.74. The summed E-state index contributed by atoms with van der Waals surface area (Å²) in [5.74, 6) is 0. The van der Waals surface area contributed by atoms with Gasteiger partial charge in [0.2, 0.25) is 0 Å². The van der Waals surface area contributed by atoms with E-state index in [1.54, 1.807) is 5.56 Å². The van der Waals surface area contributed by atoms with Gasteiger partial charge in [-0.25, -0.2) is 0 Å². The molecule has 2 aliphatic heterocycles. The molecule has 0 radical (unpaired) electrons. The average Bonchev–Trinajstić information content (AvgIpc) is 2.54. The van der Waals surface area contributed by atoms with Crippen molar-refractivity contribution < 1.29 is 0 Å². The van der Waals surface area contributed by atoms with Crippen molar-refractivity contribution in [2.24, 2.45) is 5.41 Å². The van der Waals surface area contributed by atoms with E-state index in [9.17, 15) is 0 Å². The second-order valence-corrected chi connectivity index (χ2v) is 6.53. The highest BCUT2D eigenvalue weighted by Crippen LogP contribution is 2.41. The van der Waals surface area contributed by atoms with Crippen LogP contribution in [0.1, 0.15) is 51.5 Å². The van der Waals surface area contributed by atoms with Crippen LogP contribution in [-0.4, -0.2) is 19.6 Å². The van der Waals surface area contributed by atoms with Crippen molar-refractivity contribution in [2.45, 2.75) is 52.4 Å². The van der Waals surface area contributed by atoms with Crippen molar-refractivity contribution in [1.29, 1.82) is 0 Å². The van der Waals surface area contributed by atoms with Gasteiger partial charge in [-0.1, -0.05) is 32.8 Å². The van der Waals surface area contributed by atoms with Crippen LogP contribution in [0.4, 0.5) is 11.4 Å². The molecule has 2 aliphatic rings. The summed E-state index contributed by atoms with van der Waals surface area (Å²) in [4.78, 5) is 2.63. The van der Waals surface area contributed by atoms with Gasteiger partial charge in [0.15, 0.2) is 0 Å². The highest BCUT2D eigenvalue weighted by molar-refractivity contribution is 5.68. The molecule has 1 aromatic rings. The Kier molecular flexibility index (Phi) is 3.91. The molecule has 1 N–H and O–H groups in total. The standard InChI is InChI=1S/C18H28N2/c1-3-18(4-2)10-13-20(14-11-18)17-9-5-8-16-15(17)7-6-12-19-16/h5,8-9,19H,3-4,6-7,10-14H2,1-2H3. The Morgan fingerprint density at radius 1 is 1.15 bits per heavy atom. The average molecular weight is 272 g/mol. The summed E-state index contributed by atoms with van der Waals surface area (Å²) in [5, 5.41) is 3.55. The van der Waals surface area contributed by atoms with Crippen LogP contribution in [0.5, 0.6) is 0 Å². The first-order valence-corrected chi connectivity index (χ1v) is 8.39. The second-order valence-electron chi connectivity index (χ2n) is 6.53. The number of anilines is 2.